The highest BCUT2D eigenvalue weighted by Gasteiger charge is 2.32. The molecule has 0 radical (unpaired) electrons. The Bertz CT molecular complexity index is 472. The van der Waals surface area contributed by atoms with Crippen molar-refractivity contribution >= 4 is 31.9 Å². The molecular formula is C17H25Br2NO. The molecule has 1 N–H and O–H groups in total. The Balaban J connectivity index is 2.04. The second kappa shape index (κ2) is 8.09. The van der Waals surface area contributed by atoms with Gasteiger partial charge in [-0.3, -0.25) is 0 Å². The molecule has 1 saturated carbocycles. The molecule has 1 fully saturated rings. The molecule has 0 amide bonds. The SMILES string of the molecule is CCNC(CC1CC(OCC)C1)c1cc(Br)c(C)cc1Br. The van der Waals surface area contributed by atoms with Gasteiger partial charge in [-0.1, -0.05) is 38.8 Å². The molecule has 0 spiro atoms. The van der Waals surface area contributed by atoms with Crippen LogP contribution in [0.2, 0.25) is 0 Å². The Morgan fingerprint density at radius 2 is 1.95 bits per heavy atom. The van der Waals surface area contributed by atoms with Gasteiger partial charge < -0.3 is 10.1 Å². The number of rotatable bonds is 7. The fraction of sp³-hybridized carbons (Fsp3) is 0.647. The first-order valence-corrected chi connectivity index (χ1v) is 9.44. The van der Waals surface area contributed by atoms with Crippen LogP contribution in [0.25, 0.3) is 0 Å². The van der Waals surface area contributed by atoms with E-state index >= 15 is 0 Å². The average molecular weight is 419 g/mol. The second-order valence-corrected chi connectivity index (χ2v) is 7.59. The van der Waals surface area contributed by atoms with Gasteiger partial charge in [0, 0.05) is 21.6 Å². The van der Waals surface area contributed by atoms with E-state index in [1.165, 1.54) is 39.3 Å². The molecule has 0 heterocycles. The van der Waals surface area contributed by atoms with Crippen molar-refractivity contribution in [3.05, 3.63) is 32.2 Å². The van der Waals surface area contributed by atoms with Gasteiger partial charge in [0.15, 0.2) is 0 Å². The largest absolute Gasteiger partial charge is 0.378 e. The summed E-state index contributed by atoms with van der Waals surface area (Å²) in [7, 11) is 0. The van der Waals surface area contributed by atoms with Gasteiger partial charge in [-0.05, 0) is 68.8 Å². The summed E-state index contributed by atoms with van der Waals surface area (Å²) in [5, 5.41) is 3.64. The molecule has 2 nitrogen and oxygen atoms in total. The Kier molecular flexibility index (Phi) is 6.73. The van der Waals surface area contributed by atoms with Crippen LogP contribution >= 0.6 is 31.9 Å². The van der Waals surface area contributed by atoms with Crippen LogP contribution < -0.4 is 5.32 Å². The first kappa shape index (κ1) is 17.5. The number of ether oxygens (including phenoxy) is 1. The molecule has 1 aromatic rings. The Morgan fingerprint density at radius 1 is 1.24 bits per heavy atom. The molecule has 1 aromatic carbocycles. The van der Waals surface area contributed by atoms with Crippen LogP contribution in [-0.2, 0) is 4.74 Å². The quantitative estimate of drug-likeness (QED) is 0.641. The number of halogens is 2. The monoisotopic (exact) mass is 417 g/mol. The molecule has 1 aliphatic rings. The molecular weight excluding hydrogens is 394 g/mol. The molecule has 0 saturated heterocycles. The van der Waals surface area contributed by atoms with Gasteiger partial charge in [0.25, 0.3) is 0 Å². The minimum atomic E-state index is 0.411. The topological polar surface area (TPSA) is 21.3 Å². The van der Waals surface area contributed by atoms with Crippen LogP contribution in [0.4, 0.5) is 0 Å². The van der Waals surface area contributed by atoms with Crippen molar-refractivity contribution in [1.82, 2.24) is 5.32 Å². The maximum atomic E-state index is 5.68. The smallest absolute Gasteiger partial charge is 0.0580 e. The van der Waals surface area contributed by atoms with Crippen LogP contribution in [-0.4, -0.2) is 19.3 Å². The predicted octanol–water partition coefficient (Wildman–Crippen LogP) is 5.38. The van der Waals surface area contributed by atoms with E-state index < -0.39 is 0 Å². The van der Waals surface area contributed by atoms with Crippen molar-refractivity contribution in [2.24, 2.45) is 5.92 Å². The summed E-state index contributed by atoms with van der Waals surface area (Å²) in [5.74, 6) is 0.776. The predicted molar refractivity (Wildman–Crippen MR) is 95.8 cm³/mol. The molecule has 0 aromatic heterocycles. The van der Waals surface area contributed by atoms with Crippen molar-refractivity contribution in [3.63, 3.8) is 0 Å². The van der Waals surface area contributed by atoms with Crippen molar-refractivity contribution in [2.45, 2.75) is 52.2 Å². The van der Waals surface area contributed by atoms with Gasteiger partial charge >= 0.3 is 0 Å². The number of hydrogen-bond acceptors (Lipinski definition) is 2. The summed E-state index contributed by atoms with van der Waals surface area (Å²) < 4.78 is 8.06. The van der Waals surface area contributed by atoms with Crippen molar-refractivity contribution in [3.8, 4) is 0 Å². The molecule has 1 atom stereocenters. The first-order valence-electron chi connectivity index (χ1n) is 7.85. The number of benzene rings is 1. The molecule has 0 aliphatic heterocycles. The van der Waals surface area contributed by atoms with E-state index in [4.69, 9.17) is 4.74 Å². The van der Waals surface area contributed by atoms with Crippen LogP contribution in [0, 0.1) is 12.8 Å². The van der Waals surface area contributed by atoms with E-state index in [1.807, 2.05) is 0 Å². The fourth-order valence-electron chi connectivity index (χ4n) is 3.07. The third kappa shape index (κ3) is 4.54. The first-order chi connectivity index (χ1) is 10.0. The lowest BCUT2D eigenvalue weighted by atomic mass is 9.77. The lowest BCUT2D eigenvalue weighted by Gasteiger charge is -2.37. The van der Waals surface area contributed by atoms with Crippen LogP contribution in [0.3, 0.4) is 0 Å². The van der Waals surface area contributed by atoms with Crippen LogP contribution in [0.5, 0.6) is 0 Å². The third-order valence-electron chi connectivity index (χ3n) is 4.27. The third-order valence-corrected chi connectivity index (χ3v) is 5.81. The Labute approximate surface area is 145 Å². The fourth-order valence-corrected chi connectivity index (χ4v) is 4.16. The second-order valence-electron chi connectivity index (χ2n) is 5.88. The average Bonchev–Trinajstić information content (AvgIpc) is 2.40. The van der Waals surface area contributed by atoms with E-state index in [1.54, 1.807) is 0 Å². The maximum Gasteiger partial charge on any atom is 0.0580 e. The van der Waals surface area contributed by atoms with E-state index in [9.17, 15) is 0 Å². The van der Waals surface area contributed by atoms with Gasteiger partial charge in [-0.15, -0.1) is 0 Å². The minimum Gasteiger partial charge on any atom is -0.378 e. The summed E-state index contributed by atoms with van der Waals surface area (Å²) in [6, 6.07) is 4.87. The molecule has 4 heteroatoms. The number of aryl methyl sites for hydroxylation is 1. The zero-order valence-corrected chi connectivity index (χ0v) is 16.3. The molecule has 0 bridgehead atoms. The molecule has 21 heavy (non-hydrogen) atoms. The zero-order chi connectivity index (χ0) is 15.4. The standard InChI is InChI=1S/C17H25Br2NO/c1-4-20-17(9-12-7-13(8-12)21-5-2)14-10-15(18)11(3)6-16(14)19/h6,10,12-13,17,20H,4-5,7-9H2,1-3H3. The van der Waals surface area contributed by atoms with Gasteiger partial charge in [-0.25, -0.2) is 0 Å². The van der Waals surface area contributed by atoms with E-state index in [0.717, 1.165) is 19.1 Å². The summed E-state index contributed by atoms with van der Waals surface area (Å²) in [4.78, 5) is 0. The highest BCUT2D eigenvalue weighted by Crippen LogP contribution is 2.39. The van der Waals surface area contributed by atoms with Gasteiger partial charge in [0.05, 0.1) is 6.10 Å². The molecule has 118 valence electrons. The van der Waals surface area contributed by atoms with Crippen LogP contribution in [0.1, 0.15) is 50.3 Å². The van der Waals surface area contributed by atoms with E-state index in [0.29, 0.717) is 12.1 Å². The summed E-state index contributed by atoms with van der Waals surface area (Å²) in [5.41, 5.74) is 2.62. The lowest BCUT2D eigenvalue weighted by Crippen LogP contribution is -2.34. The maximum absolute atomic E-state index is 5.68. The molecule has 1 unspecified atom stereocenters. The number of nitrogens with one attached hydrogen (secondary N) is 1. The van der Waals surface area contributed by atoms with Crippen molar-refractivity contribution in [2.75, 3.05) is 13.2 Å². The lowest BCUT2D eigenvalue weighted by molar-refractivity contribution is -0.0291. The highest BCUT2D eigenvalue weighted by atomic mass is 79.9. The number of hydrogen-bond donors (Lipinski definition) is 1. The highest BCUT2D eigenvalue weighted by molar-refractivity contribution is 9.11. The van der Waals surface area contributed by atoms with Gasteiger partial charge in [0.2, 0.25) is 0 Å². The van der Waals surface area contributed by atoms with Gasteiger partial charge in [-0.2, -0.15) is 0 Å². The van der Waals surface area contributed by atoms with Crippen molar-refractivity contribution < 1.29 is 4.74 Å². The van der Waals surface area contributed by atoms with Gasteiger partial charge in [0.1, 0.15) is 0 Å². The normalized spacial score (nSPS) is 22.9. The molecule has 1 aliphatic carbocycles. The van der Waals surface area contributed by atoms with Crippen molar-refractivity contribution in [1.29, 1.82) is 0 Å². The van der Waals surface area contributed by atoms with Crippen LogP contribution in [0.15, 0.2) is 21.1 Å². The summed E-state index contributed by atoms with van der Waals surface area (Å²) in [6.45, 7) is 8.21. The van der Waals surface area contributed by atoms with E-state index in [2.05, 4.69) is 70.1 Å². The zero-order valence-electron chi connectivity index (χ0n) is 13.1. The molecule has 2 rings (SSSR count). The summed E-state index contributed by atoms with van der Waals surface area (Å²) in [6.07, 6.45) is 4.10. The minimum absolute atomic E-state index is 0.411. The Morgan fingerprint density at radius 3 is 2.57 bits per heavy atom. The Hall–Kier alpha value is 0.1000. The van der Waals surface area contributed by atoms with E-state index in [-0.39, 0.29) is 0 Å². The summed E-state index contributed by atoms with van der Waals surface area (Å²) >= 11 is 7.39.